The predicted octanol–water partition coefficient (Wildman–Crippen LogP) is 2.72. The summed E-state index contributed by atoms with van der Waals surface area (Å²) in [7, 11) is 0. The summed E-state index contributed by atoms with van der Waals surface area (Å²) in [5.74, 6) is 0.904. The zero-order chi connectivity index (χ0) is 24.5. The first-order chi connectivity index (χ1) is 16.9. The highest BCUT2D eigenvalue weighted by Gasteiger charge is 2.30. The maximum atomic E-state index is 12.2. The molecule has 2 aliphatic heterocycles. The molecular weight excluding hydrogens is 446 g/mol. The molecule has 0 spiro atoms. The number of likely N-dealkylation sites (tertiary alicyclic amines) is 1. The van der Waals surface area contributed by atoms with Gasteiger partial charge in [-0.3, -0.25) is 9.69 Å². The van der Waals surface area contributed by atoms with Crippen molar-refractivity contribution in [3.63, 3.8) is 0 Å². The van der Waals surface area contributed by atoms with Gasteiger partial charge in [0.15, 0.2) is 0 Å². The highest BCUT2D eigenvalue weighted by molar-refractivity contribution is 5.94. The van der Waals surface area contributed by atoms with E-state index in [0.717, 1.165) is 80.0 Å². The van der Waals surface area contributed by atoms with Crippen LogP contribution in [0.25, 0.3) is 11.0 Å². The molecule has 5 rings (SSSR count). The van der Waals surface area contributed by atoms with E-state index in [0.29, 0.717) is 13.0 Å². The van der Waals surface area contributed by atoms with Gasteiger partial charge in [0.25, 0.3) is 5.56 Å². The highest BCUT2D eigenvalue weighted by atomic mass is 16.4. The van der Waals surface area contributed by atoms with Gasteiger partial charge in [-0.25, -0.2) is 9.78 Å². The Bertz CT molecular complexity index is 1270. The van der Waals surface area contributed by atoms with Crippen molar-refractivity contribution in [3.05, 3.63) is 58.3 Å². The van der Waals surface area contributed by atoms with Crippen LogP contribution in [0.4, 0.5) is 10.5 Å². The van der Waals surface area contributed by atoms with Crippen molar-refractivity contribution in [2.45, 2.75) is 64.3 Å². The number of nitrogens with zero attached hydrogens (tertiary/aromatic N) is 5. The zero-order valence-electron chi connectivity index (χ0n) is 20.1. The second kappa shape index (κ2) is 9.83. The number of pyridine rings is 1. The number of amides is 1. The molecule has 0 aliphatic carbocycles. The summed E-state index contributed by atoms with van der Waals surface area (Å²) < 4.78 is 3.93. The average molecular weight is 480 g/mol. The molecule has 0 unspecified atom stereocenters. The van der Waals surface area contributed by atoms with Crippen molar-refractivity contribution in [2.75, 3.05) is 24.5 Å². The molecule has 1 saturated heterocycles. The van der Waals surface area contributed by atoms with Crippen molar-refractivity contribution < 1.29 is 15.0 Å². The number of aryl methyl sites for hydroxylation is 3. The van der Waals surface area contributed by atoms with Gasteiger partial charge in [-0.15, -0.1) is 0 Å². The van der Waals surface area contributed by atoms with E-state index >= 15 is 0 Å². The van der Waals surface area contributed by atoms with E-state index in [1.165, 1.54) is 4.90 Å². The minimum atomic E-state index is -0.937. The highest BCUT2D eigenvalue weighted by Crippen LogP contribution is 2.36. The Morgan fingerprint density at radius 3 is 2.63 bits per heavy atom. The summed E-state index contributed by atoms with van der Waals surface area (Å²) in [6.45, 7) is 5.83. The Labute approximate surface area is 204 Å². The molecule has 1 fully saturated rings. The number of aliphatic hydroxyl groups is 1. The summed E-state index contributed by atoms with van der Waals surface area (Å²) >= 11 is 0. The number of anilines is 1. The van der Waals surface area contributed by atoms with Gasteiger partial charge in [0, 0.05) is 63.0 Å². The quantitative estimate of drug-likeness (QED) is 0.564. The van der Waals surface area contributed by atoms with Crippen LogP contribution in [0.5, 0.6) is 0 Å². The lowest BCUT2D eigenvalue weighted by Gasteiger charge is -2.33. The fraction of sp³-hybridized carbons (Fsp3) is 0.500. The Hall–Kier alpha value is -3.17. The molecule has 1 amide bonds. The third-order valence-electron chi connectivity index (χ3n) is 7.47. The second-order valence-corrected chi connectivity index (χ2v) is 9.71. The number of benzene rings is 1. The van der Waals surface area contributed by atoms with E-state index in [4.69, 9.17) is 4.98 Å². The van der Waals surface area contributed by atoms with Gasteiger partial charge < -0.3 is 24.2 Å². The SMILES string of the molecule is C[C@H]1CCc2c(ccc3c2nc(CCn2ccccc2=O)n3CCN2CCC(O)CC2)N1C(=O)O. The number of piperidine rings is 1. The van der Waals surface area contributed by atoms with Crippen LogP contribution in [0.1, 0.15) is 37.6 Å². The Morgan fingerprint density at radius 1 is 1.09 bits per heavy atom. The number of imidazole rings is 1. The lowest BCUT2D eigenvalue weighted by molar-refractivity contribution is 0.0810. The van der Waals surface area contributed by atoms with Crippen LogP contribution in [-0.2, 0) is 25.9 Å². The topological polar surface area (TPSA) is 104 Å². The Morgan fingerprint density at radius 2 is 1.89 bits per heavy atom. The molecule has 1 aromatic carbocycles. The van der Waals surface area contributed by atoms with Crippen molar-refractivity contribution in [1.29, 1.82) is 0 Å². The van der Waals surface area contributed by atoms with Crippen LogP contribution >= 0.6 is 0 Å². The number of rotatable bonds is 6. The van der Waals surface area contributed by atoms with E-state index in [1.807, 2.05) is 25.1 Å². The molecule has 4 heterocycles. The molecule has 9 nitrogen and oxygen atoms in total. The van der Waals surface area contributed by atoms with Crippen molar-refractivity contribution in [3.8, 4) is 0 Å². The van der Waals surface area contributed by atoms with Gasteiger partial charge >= 0.3 is 6.09 Å². The van der Waals surface area contributed by atoms with E-state index in [2.05, 4.69) is 9.47 Å². The first-order valence-corrected chi connectivity index (χ1v) is 12.5. The van der Waals surface area contributed by atoms with Crippen LogP contribution in [0.2, 0.25) is 0 Å². The van der Waals surface area contributed by atoms with Gasteiger partial charge in [0.1, 0.15) is 5.82 Å². The summed E-state index contributed by atoms with van der Waals surface area (Å²) in [5.41, 5.74) is 3.55. The van der Waals surface area contributed by atoms with E-state index < -0.39 is 6.09 Å². The molecule has 3 aromatic rings. The molecule has 0 bridgehead atoms. The van der Waals surface area contributed by atoms with Crippen molar-refractivity contribution in [2.24, 2.45) is 0 Å². The second-order valence-electron chi connectivity index (χ2n) is 9.71. The molecule has 2 aliphatic rings. The van der Waals surface area contributed by atoms with Gasteiger partial charge in [-0.2, -0.15) is 0 Å². The molecule has 9 heteroatoms. The van der Waals surface area contributed by atoms with Crippen LogP contribution in [0.15, 0.2) is 41.3 Å². The Balaban J connectivity index is 1.50. The van der Waals surface area contributed by atoms with Gasteiger partial charge in [-0.1, -0.05) is 6.07 Å². The largest absolute Gasteiger partial charge is 0.465 e. The monoisotopic (exact) mass is 479 g/mol. The van der Waals surface area contributed by atoms with Gasteiger partial charge in [0.2, 0.25) is 0 Å². The lowest BCUT2D eigenvalue weighted by atomic mass is 9.96. The smallest absolute Gasteiger partial charge is 0.412 e. The van der Waals surface area contributed by atoms with E-state index in [1.54, 1.807) is 22.9 Å². The van der Waals surface area contributed by atoms with Crippen molar-refractivity contribution >= 4 is 22.8 Å². The minimum absolute atomic E-state index is 0.0366. The fourth-order valence-corrected chi connectivity index (χ4v) is 5.46. The molecule has 1 atom stereocenters. The number of aromatic nitrogens is 3. The van der Waals surface area contributed by atoms with Crippen molar-refractivity contribution in [1.82, 2.24) is 19.0 Å². The summed E-state index contributed by atoms with van der Waals surface area (Å²) in [6, 6.07) is 9.00. The number of fused-ring (bicyclic) bond motifs is 3. The lowest BCUT2D eigenvalue weighted by Crippen LogP contribution is -2.41. The van der Waals surface area contributed by atoms with E-state index in [-0.39, 0.29) is 17.7 Å². The number of aliphatic hydroxyl groups excluding tert-OH is 1. The standard InChI is InChI=1S/C26H33N5O4/c1-18-5-6-20-21(31(18)26(34)35)7-8-22-25(20)27-23(11-15-29-12-3-2-4-24(29)33)30(22)17-16-28-13-9-19(32)10-14-28/h2-4,7-8,12,18-19,32H,5-6,9-11,13-17H2,1H3,(H,34,35)/t18-/m0/s1. The maximum Gasteiger partial charge on any atom is 0.412 e. The third kappa shape index (κ3) is 4.70. The number of hydrogen-bond acceptors (Lipinski definition) is 5. The van der Waals surface area contributed by atoms with Crippen LogP contribution < -0.4 is 10.5 Å². The van der Waals surface area contributed by atoms with Crippen LogP contribution in [-0.4, -0.2) is 67.1 Å². The first-order valence-electron chi connectivity index (χ1n) is 12.5. The molecule has 2 aromatic heterocycles. The molecular formula is C26H33N5O4. The fourth-order valence-electron chi connectivity index (χ4n) is 5.46. The average Bonchev–Trinajstić information content (AvgIpc) is 3.20. The molecule has 186 valence electrons. The molecule has 0 radical (unpaired) electrons. The van der Waals surface area contributed by atoms with Crippen LogP contribution in [0.3, 0.4) is 0 Å². The first kappa shape index (κ1) is 23.6. The van der Waals surface area contributed by atoms with Gasteiger partial charge in [0.05, 0.1) is 22.8 Å². The normalized spacial score (nSPS) is 19.3. The molecule has 35 heavy (non-hydrogen) atoms. The minimum Gasteiger partial charge on any atom is -0.465 e. The van der Waals surface area contributed by atoms with Crippen LogP contribution in [0, 0.1) is 0 Å². The zero-order valence-corrected chi connectivity index (χ0v) is 20.1. The molecule has 0 saturated carbocycles. The molecule has 2 N–H and O–H groups in total. The summed E-state index contributed by atoms with van der Waals surface area (Å²) in [6.07, 6.45) is 4.40. The number of carboxylic acid groups (broad SMARTS) is 1. The summed E-state index contributed by atoms with van der Waals surface area (Å²) in [5, 5.41) is 19.7. The number of carbonyl (C=O) groups is 1. The maximum absolute atomic E-state index is 12.2. The summed E-state index contributed by atoms with van der Waals surface area (Å²) in [4.78, 5) is 33.1. The van der Waals surface area contributed by atoms with Gasteiger partial charge in [-0.05, 0) is 50.8 Å². The predicted molar refractivity (Wildman–Crippen MR) is 134 cm³/mol. The third-order valence-corrected chi connectivity index (χ3v) is 7.47. The number of hydrogen-bond donors (Lipinski definition) is 2. The van der Waals surface area contributed by atoms with E-state index in [9.17, 15) is 19.8 Å². The Kier molecular flexibility index (Phi) is 6.62.